The van der Waals surface area contributed by atoms with E-state index in [-0.39, 0.29) is 12.1 Å². The summed E-state index contributed by atoms with van der Waals surface area (Å²) in [6.45, 7) is 2.16. The van der Waals surface area contributed by atoms with Crippen LogP contribution < -0.4 is 5.73 Å². The van der Waals surface area contributed by atoms with E-state index in [1.807, 2.05) is 0 Å². The van der Waals surface area contributed by atoms with E-state index in [1.165, 1.54) is 32.1 Å². The lowest BCUT2D eigenvalue weighted by atomic mass is 9.83. The SMILES string of the molecule is CCC(OC)C(N)CC1CC2CCC1C2. The third kappa shape index (κ3) is 2.36. The average Bonchev–Trinajstić information content (AvgIpc) is 2.81. The van der Waals surface area contributed by atoms with Crippen molar-refractivity contribution in [2.24, 2.45) is 23.5 Å². The number of nitrogens with two attached hydrogens (primary N) is 1. The molecule has 0 saturated heterocycles. The quantitative estimate of drug-likeness (QED) is 0.758. The molecular formula is C13H25NO. The molecule has 0 aromatic carbocycles. The second-order valence-corrected chi connectivity index (χ2v) is 5.52. The van der Waals surface area contributed by atoms with E-state index >= 15 is 0 Å². The molecule has 2 aliphatic carbocycles. The molecule has 88 valence electrons. The average molecular weight is 211 g/mol. The molecule has 2 saturated carbocycles. The molecule has 15 heavy (non-hydrogen) atoms. The molecule has 5 unspecified atom stereocenters. The molecule has 0 aromatic heterocycles. The highest BCUT2D eigenvalue weighted by Gasteiger charge is 2.40. The van der Waals surface area contributed by atoms with E-state index in [1.54, 1.807) is 7.11 Å². The molecule has 2 heteroatoms. The molecule has 0 amide bonds. The standard InChI is InChI=1S/C13H25NO/c1-3-13(15-2)12(14)8-11-7-9-4-5-10(11)6-9/h9-13H,3-8,14H2,1-2H3. The van der Waals surface area contributed by atoms with Crippen molar-refractivity contribution in [3.63, 3.8) is 0 Å². The summed E-state index contributed by atoms with van der Waals surface area (Å²) >= 11 is 0. The van der Waals surface area contributed by atoms with Gasteiger partial charge in [0, 0.05) is 13.2 Å². The van der Waals surface area contributed by atoms with Crippen LogP contribution in [0.2, 0.25) is 0 Å². The fourth-order valence-corrected chi connectivity index (χ4v) is 3.81. The second kappa shape index (κ2) is 4.84. The van der Waals surface area contributed by atoms with Gasteiger partial charge in [0.05, 0.1) is 6.10 Å². The fourth-order valence-electron chi connectivity index (χ4n) is 3.81. The molecular weight excluding hydrogens is 186 g/mol. The highest BCUT2D eigenvalue weighted by Crippen LogP contribution is 2.49. The van der Waals surface area contributed by atoms with Gasteiger partial charge in [-0.1, -0.05) is 13.3 Å². The van der Waals surface area contributed by atoms with Gasteiger partial charge >= 0.3 is 0 Å². The number of rotatable bonds is 5. The van der Waals surface area contributed by atoms with Crippen molar-refractivity contribution < 1.29 is 4.74 Å². The molecule has 2 fully saturated rings. The van der Waals surface area contributed by atoms with Crippen LogP contribution >= 0.6 is 0 Å². The van der Waals surface area contributed by atoms with Crippen molar-refractivity contribution >= 4 is 0 Å². The van der Waals surface area contributed by atoms with E-state index in [0.29, 0.717) is 0 Å². The van der Waals surface area contributed by atoms with E-state index in [4.69, 9.17) is 10.5 Å². The second-order valence-electron chi connectivity index (χ2n) is 5.52. The molecule has 0 spiro atoms. The Kier molecular flexibility index (Phi) is 3.68. The van der Waals surface area contributed by atoms with Gasteiger partial charge in [-0.25, -0.2) is 0 Å². The minimum atomic E-state index is 0.254. The molecule has 0 heterocycles. The summed E-state index contributed by atoms with van der Waals surface area (Å²) in [6.07, 6.45) is 8.37. The van der Waals surface area contributed by atoms with Gasteiger partial charge in [-0.05, 0) is 49.9 Å². The van der Waals surface area contributed by atoms with Gasteiger partial charge in [0.25, 0.3) is 0 Å². The molecule has 2 rings (SSSR count). The van der Waals surface area contributed by atoms with E-state index in [2.05, 4.69) is 6.92 Å². The van der Waals surface area contributed by atoms with Crippen LogP contribution in [0.15, 0.2) is 0 Å². The van der Waals surface area contributed by atoms with Gasteiger partial charge in [0.15, 0.2) is 0 Å². The molecule has 0 aromatic rings. The van der Waals surface area contributed by atoms with Crippen molar-refractivity contribution in [3.8, 4) is 0 Å². The van der Waals surface area contributed by atoms with Gasteiger partial charge < -0.3 is 10.5 Å². The number of fused-ring (bicyclic) bond motifs is 2. The lowest BCUT2D eigenvalue weighted by molar-refractivity contribution is 0.0659. The normalized spacial score (nSPS) is 38.2. The van der Waals surface area contributed by atoms with E-state index in [9.17, 15) is 0 Å². The zero-order valence-electron chi connectivity index (χ0n) is 10.1. The number of methoxy groups -OCH3 is 1. The highest BCUT2D eigenvalue weighted by atomic mass is 16.5. The van der Waals surface area contributed by atoms with Crippen LogP contribution in [0.25, 0.3) is 0 Å². The minimum Gasteiger partial charge on any atom is -0.380 e. The van der Waals surface area contributed by atoms with Gasteiger partial charge in [0.1, 0.15) is 0 Å². The summed E-state index contributed by atoms with van der Waals surface area (Å²) in [7, 11) is 1.79. The first-order valence-electron chi connectivity index (χ1n) is 6.53. The number of hydrogen-bond donors (Lipinski definition) is 1. The van der Waals surface area contributed by atoms with Crippen molar-refractivity contribution in [2.75, 3.05) is 7.11 Å². The van der Waals surface area contributed by atoms with Crippen LogP contribution in [0.1, 0.15) is 45.4 Å². The lowest BCUT2D eigenvalue weighted by Crippen LogP contribution is -2.38. The van der Waals surface area contributed by atoms with Gasteiger partial charge in [-0.2, -0.15) is 0 Å². The van der Waals surface area contributed by atoms with Crippen LogP contribution in [-0.4, -0.2) is 19.3 Å². The van der Waals surface area contributed by atoms with Gasteiger partial charge in [0.2, 0.25) is 0 Å². The smallest absolute Gasteiger partial charge is 0.0719 e. The Morgan fingerprint density at radius 1 is 1.33 bits per heavy atom. The predicted molar refractivity (Wildman–Crippen MR) is 62.6 cm³/mol. The summed E-state index contributed by atoms with van der Waals surface area (Å²) < 4.78 is 5.43. The van der Waals surface area contributed by atoms with Crippen LogP contribution in [0, 0.1) is 17.8 Å². The van der Waals surface area contributed by atoms with Crippen LogP contribution in [0.3, 0.4) is 0 Å². The Morgan fingerprint density at radius 2 is 2.13 bits per heavy atom. The molecule has 0 radical (unpaired) electrons. The topological polar surface area (TPSA) is 35.2 Å². The van der Waals surface area contributed by atoms with E-state index < -0.39 is 0 Å². The Balaban J connectivity index is 1.81. The van der Waals surface area contributed by atoms with Crippen molar-refractivity contribution in [1.29, 1.82) is 0 Å². The Bertz CT molecular complexity index is 203. The summed E-state index contributed by atoms with van der Waals surface area (Å²) in [5.74, 6) is 2.94. The first-order valence-corrected chi connectivity index (χ1v) is 6.53. The maximum atomic E-state index is 6.23. The zero-order chi connectivity index (χ0) is 10.8. The maximum Gasteiger partial charge on any atom is 0.0719 e. The largest absolute Gasteiger partial charge is 0.380 e. The third-order valence-corrected chi connectivity index (χ3v) is 4.64. The number of ether oxygens (including phenoxy) is 1. The van der Waals surface area contributed by atoms with Crippen molar-refractivity contribution in [3.05, 3.63) is 0 Å². The maximum absolute atomic E-state index is 6.23. The van der Waals surface area contributed by atoms with Crippen LogP contribution in [-0.2, 0) is 4.74 Å². The highest BCUT2D eigenvalue weighted by molar-refractivity contribution is 4.92. The van der Waals surface area contributed by atoms with E-state index in [0.717, 1.165) is 24.2 Å². The van der Waals surface area contributed by atoms with Crippen LogP contribution in [0.4, 0.5) is 0 Å². The first-order chi connectivity index (χ1) is 7.24. The molecule has 2 aliphatic rings. The Hall–Kier alpha value is -0.0800. The lowest BCUT2D eigenvalue weighted by Gasteiger charge is -2.28. The molecule has 2 N–H and O–H groups in total. The summed E-state index contributed by atoms with van der Waals surface area (Å²) in [6, 6.07) is 0.254. The summed E-state index contributed by atoms with van der Waals surface area (Å²) in [4.78, 5) is 0. The summed E-state index contributed by atoms with van der Waals surface area (Å²) in [5.41, 5.74) is 6.23. The van der Waals surface area contributed by atoms with Crippen molar-refractivity contribution in [2.45, 2.75) is 57.6 Å². The molecule has 2 nitrogen and oxygen atoms in total. The predicted octanol–water partition coefficient (Wildman–Crippen LogP) is 2.57. The molecule has 5 atom stereocenters. The summed E-state index contributed by atoms with van der Waals surface area (Å²) in [5, 5.41) is 0. The monoisotopic (exact) mass is 211 g/mol. The van der Waals surface area contributed by atoms with Gasteiger partial charge in [-0.3, -0.25) is 0 Å². The molecule has 0 aliphatic heterocycles. The fraction of sp³-hybridized carbons (Fsp3) is 1.00. The molecule has 2 bridgehead atoms. The van der Waals surface area contributed by atoms with Crippen LogP contribution in [0.5, 0.6) is 0 Å². The minimum absolute atomic E-state index is 0.254. The van der Waals surface area contributed by atoms with Gasteiger partial charge in [-0.15, -0.1) is 0 Å². The third-order valence-electron chi connectivity index (χ3n) is 4.64. The Morgan fingerprint density at radius 3 is 2.60 bits per heavy atom. The first kappa shape index (κ1) is 11.4. The van der Waals surface area contributed by atoms with Crippen molar-refractivity contribution in [1.82, 2.24) is 0 Å². The number of hydrogen-bond acceptors (Lipinski definition) is 2. The zero-order valence-corrected chi connectivity index (χ0v) is 10.1. The Labute approximate surface area is 93.6 Å².